The minimum absolute atomic E-state index is 0.0694. The lowest BCUT2D eigenvalue weighted by atomic mass is 10.1. The highest BCUT2D eigenvalue weighted by Gasteiger charge is 2.20. The summed E-state index contributed by atoms with van der Waals surface area (Å²) in [5.41, 5.74) is 2.82. The van der Waals surface area contributed by atoms with Gasteiger partial charge in [-0.15, -0.1) is 11.3 Å². The molecule has 12 heteroatoms. The third-order valence-corrected chi connectivity index (χ3v) is 6.20. The Morgan fingerprint density at radius 2 is 1.97 bits per heavy atom. The second kappa shape index (κ2) is 11.3. The van der Waals surface area contributed by atoms with Gasteiger partial charge in [0.2, 0.25) is 5.91 Å². The highest BCUT2D eigenvalue weighted by atomic mass is 32.1. The number of carbonyl (C=O) groups is 2. The number of rotatable bonds is 8. The lowest BCUT2D eigenvalue weighted by molar-refractivity contribution is -0.129. The maximum Gasteiger partial charge on any atom is 0.276 e. The molecule has 1 aliphatic rings. The molecule has 0 spiro atoms. The first-order chi connectivity index (χ1) is 16.9. The maximum atomic E-state index is 12.7. The number of pyridine rings is 2. The average molecular weight is 503 g/mol. The van der Waals surface area contributed by atoms with Crippen LogP contribution in [-0.2, 0) is 16.1 Å². The number of halogens is 2. The summed E-state index contributed by atoms with van der Waals surface area (Å²) < 4.78 is 29.7. The molecule has 0 radical (unpaired) electrons. The molecule has 0 unspecified atom stereocenters. The smallest absolute Gasteiger partial charge is 0.276 e. The normalized spacial score (nSPS) is 13.8. The van der Waals surface area contributed by atoms with E-state index in [4.69, 9.17) is 4.74 Å². The third-order valence-electron chi connectivity index (χ3n) is 5.44. The van der Waals surface area contributed by atoms with Gasteiger partial charge in [0.25, 0.3) is 12.3 Å². The number of aromatic nitrogens is 3. The summed E-state index contributed by atoms with van der Waals surface area (Å²) in [5, 5.41) is 4.87. The molecule has 0 saturated carbocycles. The van der Waals surface area contributed by atoms with E-state index in [0.29, 0.717) is 48.3 Å². The Bertz CT molecular complexity index is 1170. The van der Waals surface area contributed by atoms with Crippen LogP contribution in [0.4, 0.5) is 19.6 Å². The van der Waals surface area contributed by atoms with Gasteiger partial charge in [-0.2, -0.15) is 0 Å². The number of amides is 2. The quantitative estimate of drug-likeness (QED) is 0.504. The molecule has 1 saturated heterocycles. The van der Waals surface area contributed by atoms with Crippen LogP contribution in [0.1, 0.15) is 23.1 Å². The van der Waals surface area contributed by atoms with Crippen LogP contribution in [0.15, 0.2) is 42.0 Å². The van der Waals surface area contributed by atoms with E-state index in [9.17, 15) is 18.4 Å². The van der Waals surface area contributed by atoms with Gasteiger partial charge in [-0.05, 0) is 24.3 Å². The summed E-state index contributed by atoms with van der Waals surface area (Å²) in [4.78, 5) is 41.0. The van der Waals surface area contributed by atoms with Crippen molar-refractivity contribution in [1.82, 2.24) is 19.9 Å². The Morgan fingerprint density at radius 3 is 2.66 bits per heavy atom. The first-order valence-corrected chi connectivity index (χ1v) is 11.8. The summed E-state index contributed by atoms with van der Waals surface area (Å²) >= 11 is 1.23. The fraction of sp³-hybridized carbons (Fsp3) is 0.348. The lowest BCUT2D eigenvalue weighted by Crippen LogP contribution is -2.48. The van der Waals surface area contributed by atoms with Gasteiger partial charge >= 0.3 is 0 Å². The minimum Gasteiger partial charge on any atom is -0.369 e. The second-order valence-electron chi connectivity index (χ2n) is 7.79. The molecule has 9 nitrogen and oxygen atoms in total. The van der Waals surface area contributed by atoms with E-state index < -0.39 is 18.9 Å². The zero-order valence-electron chi connectivity index (χ0n) is 19.0. The van der Waals surface area contributed by atoms with Crippen LogP contribution in [0, 0.1) is 0 Å². The van der Waals surface area contributed by atoms with Crippen LogP contribution in [0.5, 0.6) is 0 Å². The summed E-state index contributed by atoms with van der Waals surface area (Å²) in [7, 11) is 0. The first kappa shape index (κ1) is 24.6. The largest absolute Gasteiger partial charge is 0.369 e. The summed E-state index contributed by atoms with van der Waals surface area (Å²) in [6, 6.07) is 6.97. The summed E-state index contributed by atoms with van der Waals surface area (Å²) in [5.74, 6) is -0.328. The van der Waals surface area contributed by atoms with Crippen molar-refractivity contribution in [3.05, 3.63) is 53.4 Å². The van der Waals surface area contributed by atoms with Gasteiger partial charge in [0.15, 0.2) is 5.13 Å². The lowest BCUT2D eigenvalue weighted by Gasteiger charge is -2.35. The molecule has 2 amide bonds. The topological polar surface area (TPSA) is 101 Å². The predicted molar refractivity (Wildman–Crippen MR) is 128 cm³/mol. The Labute approximate surface area is 204 Å². The van der Waals surface area contributed by atoms with Gasteiger partial charge < -0.3 is 14.5 Å². The van der Waals surface area contributed by atoms with Crippen molar-refractivity contribution >= 4 is 34.0 Å². The Morgan fingerprint density at radius 1 is 1.17 bits per heavy atom. The van der Waals surface area contributed by atoms with E-state index in [2.05, 4.69) is 25.2 Å². The molecule has 35 heavy (non-hydrogen) atoms. The second-order valence-corrected chi connectivity index (χ2v) is 8.65. The molecule has 1 N–H and O–H groups in total. The number of alkyl halides is 2. The van der Waals surface area contributed by atoms with Gasteiger partial charge in [-0.3, -0.25) is 19.9 Å². The van der Waals surface area contributed by atoms with E-state index >= 15 is 0 Å². The fourth-order valence-electron chi connectivity index (χ4n) is 3.63. The molecule has 0 bridgehead atoms. The van der Waals surface area contributed by atoms with E-state index in [-0.39, 0.29) is 18.2 Å². The van der Waals surface area contributed by atoms with Crippen molar-refractivity contribution in [2.45, 2.75) is 20.0 Å². The zero-order chi connectivity index (χ0) is 24.8. The fourth-order valence-corrected chi connectivity index (χ4v) is 4.34. The molecular weight excluding hydrogens is 478 g/mol. The SMILES string of the molecule is CC(=O)N1CCN(c2ccc(C(=O)Nc3nc(-c4cccnc4COCC(F)F)cs3)nc2)CC1. The molecule has 1 fully saturated rings. The monoisotopic (exact) mass is 502 g/mol. The minimum atomic E-state index is -2.55. The number of piperazine rings is 1. The molecular formula is C23H24F2N6O3S. The molecule has 4 rings (SSSR count). The van der Waals surface area contributed by atoms with Gasteiger partial charge in [-0.25, -0.2) is 18.7 Å². The number of ether oxygens (including phenoxy) is 1. The first-order valence-electron chi connectivity index (χ1n) is 10.9. The maximum absolute atomic E-state index is 12.7. The van der Waals surface area contributed by atoms with Gasteiger partial charge in [0.05, 0.1) is 29.9 Å². The number of thiazole rings is 1. The van der Waals surface area contributed by atoms with E-state index in [1.165, 1.54) is 11.3 Å². The summed E-state index contributed by atoms with van der Waals surface area (Å²) in [6.45, 7) is 3.55. The number of hydrogen-bond acceptors (Lipinski definition) is 8. The molecule has 1 aliphatic heterocycles. The predicted octanol–water partition coefficient (Wildman–Crippen LogP) is 3.30. The van der Waals surface area contributed by atoms with Crippen molar-refractivity contribution in [3.63, 3.8) is 0 Å². The third kappa shape index (κ3) is 6.34. The molecule has 4 heterocycles. The Hall–Kier alpha value is -3.51. The highest BCUT2D eigenvalue weighted by molar-refractivity contribution is 7.14. The van der Waals surface area contributed by atoms with E-state index in [1.54, 1.807) is 47.8 Å². The van der Waals surface area contributed by atoms with Crippen LogP contribution in [0.3, 0.4) is 0 Å². The van der Waals surface area contributed by atoms with Crippen LogP contribution in [-0.4, -0.2) is 70.9 Å². The van der Waals surface area contributed by atoms with Crippen LogP contribution >= 0.6 is 11.3 Å². The molecule has 184 valence electrons. The number of nitrogens with zero attached hydrogens (tertiary/aromatic N) is 5. The van der Waals surface area contributed by atoms with Crippen molar-refractivity contribution < 1.29 is 23.1 Å². The average Bonchev–Trinajstić information content (AvgIpc) is 3.32. The standard InChI is InChI=1S/C23H24F2N6O3S/c1-15(32)30-7-9-31(10-8-30)16-4-5-18(27-11-16)22(33)29-23-28-20(14-35-23)17-3-2-6-26-19(17)12-34-13-21(24)25/h2-6,11,14,21H,7-10,12-13H2,1H3,(H,28,29,33). The number of anilines is 2. The summed E-state index contributed by atoms with van der Waals surface area (Å²) in [6.07, 6.45) is 0.647. The van der Waals surface area contributed by atoms with Crippen LogP contribution in [0.2, 0.25) is 0 Å². The molecule has 0 atom stereocenters. The molecule has 3 aromatic rings. The van der Waals surface area contributed by atoms with Gasteiger partial charge in [0.1, 0.15) is 12.3 Å². The Kier molecular flexibility index (Phi) is 7.93. The number of hydrogen-bond donors (Lipinski definition) is 1. The number of nitrogens with one attached hydrogen (secondary N) is 1. The van der Waals surface area contributed by atoms with E-state index in [0.717, 1.165) is 5.69 Å². The van der Waals surface area contributed by atoms with Gasteiger partial charge in [0, 0.05) is 50.2 Å². The van der Waals surface area contributed by atoms with Gasteiger partial charge in [-0.1, -0.05) is 0 Å². The van der Waals surface area contributed by atoms with Crippen LogP contribution in [0.25, 0.3) is 11.3 Å². The van der Waals surface area contributed by atoms with Crippen molar-refractivity contribution in [3.8, 4) is 11.3 Å². The van der Waals surface area contributed by atoms with Crippen molar-refractivity contribution in [1.29, 1.82) is 0 Å². The highest BCUT2D eigenvalue weighted by Crippen LogP contribution is 2.27. The Balaban J connectivity index is 1.37. The molecule has 3 aromatic heterocycles. The van der Waals surface area contributed by atoms with E-state index in [1.807, 2.05) is 6.07 Å². The molecule has 0 aliphatic carbocycles. The van der Waals surface area contributed by atoms with Crippen LogP contribution < -0.4 is 10.2 Å². The molecule has 0 aromatic carbocycles. The van der Waals surface area contributed by atoms with Crippen molar-refractivity contribution in [2.75, 3.05) is 43.0 Å². The number of carbonyl (C=O) groups excluding carboxylic acids is 2. The zero-order valence-corrected chi connectivity index (χ0v) is 19.8. The van der Waals surface area contributed by atoms with Crippen molar-refractivity contribution in [2.24, 2.45) is 0 Å².